The number of nitrogens with zero attached hydrogens (tertiary/aromatic N) is 1. The van der Waals surface area contributed by atoms with Crippen molar-refractivity contribution in [1.29, 1.82) is 0 Å². The second kappa shape index (κ2) is 4.19. The van der Waals surface area contributed by atoms with E-state index in [0.717, 1.165) is 31.5 Å². The Bertz CT molecular complexity index is 571. The number of anilines is 1. The first-order valence-electron chi connectivity index (χ1n) is 5.01. The molecule has 88 valence electrons. The molecule has 4 nitrogen and oxygen atoms in total. The second-order valence-corrected chi connectivity index (χ2v) is 5.36. The fourth-order valence-corrected chi connectivity index (χ4v) is 2.95. The molecule has 3 rings (SSSR count). The van der Waals surface area contributed by atoms with Crippen LogP contribution in [0.1, 0.15) is 0 Å². The molecule has 1 aliphatic heterocycles. The summed E-state index contributed by atoms with van der Waals surface area (Å²) >= 11 is 5.08. The van der Waals surface area contributed by atoms with E-state index in [4.69, 9.17) is 9.47 Å². The zero-order chi connectivity index (χ0) is 11.8. The highest BCUT2D eigenvalue weighted by atomic mass is 79.9. The Kier molecular flexibility index (Phi) is 2.68. The minimum absolute atomic E-state index is 0.280. The maximum atomic E-state index is 5.39. The number of fused-ring (bicyclic) bond motifs is 1. The Hall–Kier alpha value is -1.27. The van der Waals surface area contributed by atoms with Crippen molar-refractivity contribution < 1.29 is 9.47 Å². The Balaban J connectivity index is 2.06. The van der Waals surface area contributed by atoms with Gasteiger partial charge in [-0.1, -0.05) is 11.3 Å². The van der Waals surface area contributed by atoms with Gasteiger partial charge in [-0.05, 0) is 33.6 Å². The number of nitrogens with one attached hydrogen (secondary N) is 1. The van der Waals surface area contributed by atoms with Crippen LogP contribution < -0.4 is 14.8 Å². The van der Waals surface area contributed by atoms with Crippen molar-refractivity contribution in [3.05, 3.63) is 22.8 Å². The van der Waals surface area contributed by atoms with Crippen molar-refractivity contribution in [1.82, 2.24) is 4.98 Å². The molecule has 0 aliphatic carbocycles. The molecule has 17 heavy (non-hydrogen) atoms. The van der Waals surface area contributed by atoms with Crippen molar-refractivity contribution in [3.8, 4) is 21.9 Å². The van der Waals surface area contributed by atoms with E-state index in [1.54, 1.807) is 11.3 Å². The molecule has 1 N–H and O–H groups in total. The minimum atomic E-state index is 0.280. The van der Waals surface area contributed by atoms with Gasteiger partial charge in [0.25, 0.3) is 0 Å². The molecule has 0 fully saturated rings. The van der Waals surface area contributed by atoms with Gasteiger partial charge in [0.1, 0.15) is 0 Å². The van der Waals surface area contributed by atoms with Crippen LogP contribution >= 0.6 is 27.3 Å². The molecule has 0 bridgehead atoms. The van der Waals surface area contributed by atoms with Gasteiger partial charge in [0.15, 0.2) is 16.6 Å². The molecule has 0 unspecified atom stereocenters. The van der Waals surface area contributed by atoms with E-state index >= 15 is 0 Å². The molecule has 0 spiro atoms. The van der Waals surface area contributed by atoms with E-state index in [2.05, 4.69) is 26.2 Å². The smallest absolute Gasteiger partial charge is 0.231 e. The largest absolute Gasteiger partial charge is 0.454 e. The van der Waals surface area contributed by atoms with Crippen molar-refractivity contribution in [2.24, 2.45) is 0 Å². The lowest BCUT2D eigenvalue weighted by Gasteiger charge is -2.02. The summed E-state index contributed by atoms with van der Waals surface area (Å²) in [6, 6.07) is 3.99. The zero-order valence-corrected chi connectivity index (χ0v) is 11.4. The summed E-state index contributed by atoms with van der Waals surface area (Å²) in [4.78, 5) is 5.35. The number of rotatable bonds is 2. The highest BCUT2D eigenvalue weighted by Gasteiger charge is 2.19. The maximum absolute atomic E-state index is 5.39. The lowest BCUT2D eigenvalue weighted by Crippen LogP contribution is -1.93. The van der Waals surface area contributed by atoms with E-state index in [9.17, 15) is 0 Å². The highest BCUT2D eigenvalue weighted by molar-refractivity contribution is 9.10. The second-order valence-electron chi connectivity index (χ2n) is 3.47. The van der Waals surface area contributed by atoms with Crippen LogP contribution in [0.5, 0.6) is 11.5 Å². The average molecular weight is 313 g/mol. The van der Waals surface area contributed by atoms with E-state index in [1.807, 2.05) is 25.4 Å². The predicted octanol–water partition coefficient (Wildman–Crippen LogP) is 3.34. The average Bonchev–Trinajstić information content (AvgIpc) is 2.97. The Morgan fingerprint density at radius 2 is 2.29 bits per heavy atom. The first-order chi connectivity index (χ1) is 8.28. The van der Waals surface area contributed by atoms with Gasteiger partial charge < -0.3 is 14.8 Å². The molecule has 0 saturated carbocycles. The number of benzene rings is 1. The first-order valence-corrected chi connectivity index (χ1v) is 6.62. The number of hydrogen-bond donors (Lipinski definition) is 1. The molecule has 0 amide bonds. The molecule has 2 aromatic rings. The highest BCUT2D eigenvalue weighted by Crippen LogP contribution is 2.43. The Morgan fingerprint density at radius 3 is 3.06 bits per heavy atom. The third kappa shape index (κ3) is 1.87. The number of halogens is 1. The van der Waals surface area contributed by atoms with Crippen molar-refractivity contribution in [2.45, 2.75) is 0 Å². The van der Waals surface area contributed by atoms with Gasteiger partial charge in [0, 0.05) is 13.2 Å². The SMILES string of the molecule is CNc1ncc(-c2cc(Br)c3c(c2)OCO3)s1. The zero-order valence-electron chi connectivity index (χ0n) is 8.99. The summed E-state index contributed by atoms with van der Waals surface area (Å²) in [6.45, 7) is 0.280. The maximum Gasteiger partial charge on any atom is 0.231 e. The number of hydrogen-bond acceptors (Lipinski definition) is 5. The summed E-state index contributed by atoms with van der Waals surface area (Å²) in [6.07, 6.45) is 1.85. The monoisotopic (exact) mass is 312 g/mol. The number of aromatic nitrogens is 1. The number of ether oxygens (including phenoxy) is 2. The van der Waals surface area contributed by atoms with Gasteiger partial charge in [-0.15, -0.1) is 0 Å². The minimum Gasteiger partial charge on any atom is -0.454 e. The molecule has 0 atom stereocenters. The predicted molar refractivity (Wildman–Crippen MR) is 70.9 cm³/mol. The van der Waals surface area contributed by atoms with E-state index in [1.165, 1.54) is 0 Å². The van der Waals surface area contributed by atoms with Gasteiger partial charge in [0.2, 0.25) is 6.79 Å². The van der Waals surface area contributed by atoms with Crippen LogP contribution in [0.4, 0.5) is 5.13 Å². The standard InChI is InChI=1S/C11H9BrN2O2S/c1-13-11-14-4-9(17-11)6-2-7(12)10-8(3-6)15-5-16-10/h2-4H,5H2,1H3,(H,13,14). The van der Waals surface area contributed by atoms with Gasteiger partial charge in [-0.3, -0.25) is 0 Å². The molecule has 2 heterocycles. The Labute approximate surface area is 111 Å². The molecular weight excluding hydrogens is 304 g/mol. The lowest BCUT2D eigenvalue weighted by atomic mass is 10.2. The molecule has 0 saturated heterocycles. The van der Waals surface area contributed by atoms with Crippen LogP contribution in [0.3, 0.4) is 0 Å². The van der Waals surface area contributed by atoms with E-state index in [-0.39, 0.29) is 6.79 Å². The third-order valence-corrected chi connectivity index (χ3v) is 4.08. The summed E-state index contributed by atoms with van der Waals surface area (Å²) in [7, 11) is 1.86. The van der Waals surface area contributed by atoms with Gasteiger partial charge in [0.05, 0.1) is 9.35 Å². The third-order valence-electron chi connectivity index (χ3n) is 2.43. The quantitative estimate of drug-likeness (QED) is 0.923. The normalized spacial score (nSPS) is 12.8. The number of thiazole rings is 1. The molecular formula is C11H9BrN2O2S. The molecule has 1 aromatic carbocycles. The Morgan fingerprint density at radius 1 is 1.41 bits per heavy atom. The summed E-state index contributed by atoms with van der Waals surface area (Å²) in [5.41, 5.74) is 1.07. The van der Waals surface area contributed by atoms with Crippen LogP contribution in [0.2, 0.25) is 0 Å². The van der Waals surface area contributed by atoms with Gasteiger partial charge in [-0.25, -0.2) is 4.98 Å². The van der Waals surface area contributed by atoms with Gasteiger partial charge >= 0.3 is 0 Å². The van der Waals surface area contributed by atoms with Crippen molar-refractivity contribution >= 4 is 32.4 Å². The van der Waals surface area contributed by atoms with Crippen LogP contribution in [0.15, 0.2) is 22.8 Å². The summed E-state index contributed by atoms with van der Waals surface area (Å²) < 4.78 is 11.6. The van der Waals surface area contributed by atoms with E-state index < -0.39 is 0 Å². The van der Waals surface area contributed by atoms with Crippen LogP contribution in [-0.2, 0) is 0 Å². The van der Waals surface area contributed by atoms with Crippen molar-refractivity contribution in [2.75, 3.05) is 19.2 Å². The molecule has 1 aliphatic rings. The fourth-order valence-electron chi connectivity index (χ4n) is 1.63. The molecule has 0 radical (unpaired) electrons. The van der Waals surface area contributed by atoms with Crippen LogP contribution in [0, 0.1) is 0 Å². The summed E-state index contributed by atoms with van der Waals surface area (Å²) in [5.74, 6) is 1.54. The summed E-state index contributed by atoms with van der Waals surface area (Å²) in [5, 5.41) is 3.92. The first kappa shape index (κ1) is 10.9. The molecule has 6 heteroatoms. The van der Waals surface area contributed by atoms with Crippen molar-refractivity contribution in [3.63, 3.8) is 0 Å². The van der Waals surface area contributed by atoms with Crippen LogP contribution in [-0.4, -0.2) is 18.8 Å². The lowest BCUT2D eigenvalue weighted by molar-refractivity contribution is 0.173. The van der Waals surface area contributed by atoms with Crippen LogP contribution in [0.25, 0.3) is 10.4 Å². The molecule has 1 aromatic heterocycles. The topological polar surface area (TPSA) is 43.4 Å². The van der Waals surface area contributed by atoms with E-state index in [0.29, 0.717) is 0 Å². The fraction of sp³-hybridized carbons (Fsp3) is 0.182. The van der Waals surface area contributed by atoms with Gasteiger partial charge in [-0.2, -0.15) is 0 Å².